The first-order valence-electron chi connectivity index (χ1n) is 6.98. The van der Waals surface area contributed by atoms with Crippen LogP contribution in [0.3, 0.4) is 0 Å². The lowest BCUT2D eigenvalue weighted by Gasteiger charge is -2.33. The fraction of sp³-hybridized carbons (Fsp3) is 0.385. The predicted molar refractivity (Wildman–Crippen MR) is 82.8 cm³/mol. The molecule has 3 heterocycles. The number of nitrogens with one attached hydrogen (secondary N) is 1. The molecule has 1 saturated heterocycles. The number of H-pyrrole nitrogens is 1. The SMILES string of the molecule is O=C(c1n[nH]c([N+](=O)[O-])c1Br)N1CCN(Cc2ccco2)CC1. The van der Waals surface area contributed by atoms with Gasteiger partial charge in [0.15, 0.2) is 5.69 Å². The summed E-state index contributed by atoms with van der Waals surface area (Å²) in [6.45, 7) is 3.18. The van der Waals surface area contributed by atoms with E-state index in [1.807, 2.05) is 12.1 Å². The number of hydrogen-bond donors (Lipinski definition) is 1. The molecule has 0 bridgehead atoms. The number of hydrogen-bond acceptors (Lipinski definition) is 6. The standard InChI is InChI=1S/C13H14BrN5O4/c14-10-11(15-16-12(10)19(21)22)13(20)18-5-3-17(4-6-18)8-9-2-1-7-23-9/h1-2,7H,3-6,8H2,(H,15,16). The summed E-state index contributed by atoms with van der Waals surface area (Å²) in [5.74, 6) is 0.249. The molecule has 0 unspecified atom stereocenters. The molecule has 23 heavy (non-hydrogen) atoms. The zero-order chi connectivity index (χ0) is 16.4. The van der Waals surface area contributed by atoms with E-state index in [9.17, 15) is 14.9 Å². The first-order chi connectivity index (χ1) is 11.1. The lowest BCUT2D eigenvalue weighted by molar-refractivity contribution is -0.390. The van der Waals surface area contributed by atoms with Gasteiger partial charge in [-0.1, -0.05) is 5.10 Å². The Morgan fingerprint density at radius 3 is 2.74 bits per heavy atom. The second kappa shape index (κ2) is 6.50. The van der Waals surface area contributed by atoms with E-state index in [-0.39, 0.29) is 21.9 Å². The summed E-state index contributed by atoms with van der Waals surface area (Å²) in [4.78, 5) is 26.4. The van der Waals surface area contributed by atoms with E-state index >= 15 is 0 Å². The van der Waals surface area contributed by atoms with Gasteiger partial charge in [-0.15, -0.1) is 5.10 Å². The first-order valence-corrected chi connectivity index (χ1v) is 7.78. The number of carbonyl (C=O) groups is 1. The average molecular weight is 384 g/mol. The van der Waals surface area contributed by atoms with E-state index in [2.05, 4.69) is 31.0 Å². The summed E-state index contributed by atoms with van der Waals surface area (Å²) < 4.78 is 5.40. The molecule has 1 fully saturated rings. The molecule has 0 spiro atoms. The Balaban J connectivity index is 1.61. The lowest BCUT2D eigenvalue weighted by atomic mass is 10.2. The van der Waals surface area contributed by atoms with E-state index in [1.54, 1.807) is 11.2 Å². The van der Waals surface area contributed by atoms with Crippen LogP contribution in [0.1, 0.15) is 16.2 Å². The van der Waals surface area contributed by atoms with Crippen LogP contribution in [-0.4, -0.2) is 57.0 Å². The third-order valence-corrected chi connectivity index (χ3v) is 4.44. The van der Waals surface area contributed by atoms with Crippen LogP contribution in [0.4, 0.5) is 5.82 Å². The van der Waals surface area contributed by atoms with Crippen molar-refractivity contribution in [1.29, 1.82) is 0 Å². The molecule has 9 nitrogen and oxygen atoms in total. The van der Waals surface area contributed by atoms with E-state index in [1.165, 1.54) is 0 Å². The molecule has 1 amide bonds. The van der Waals surface area contributed by atoms with Crippen molar-refractivity contribution in [2.45, 2.75) is 6.54 Å². The molecule has 0 radical (unpaired) electrons. The van der Waals surface area contributed by atoms with Gasteiger partial charge in [-0.3, -0.25) is 9.69 Å². The lowest BCUT2D eigenvalue weighted by Crippen LogP contribution is -2.48. The van der Waals surface area contributed by atoms with Crippen LogP contribution < -0.4 is 0 Å². The Kier molecular flexibility index (Phi) is 4.44. The van der Waals surface area contributed by atoms with Gasteiger partial charge in [0.1, 0.15) is 10.2 Å². The molecule has 1 N–H and O–H groups in total. The van der Waals surface area contributed by atoms with Crippen LogP contribution in [0.25, 0.3) is 0 Å². The molecule has 0 aliphatic carbocycles. The number of aromatic amines is 1. The van der Waals surface area contributed by atoms with Crippen LogP contribution in [-0.2, 0) is 6.54 Å². The molecule has 0 atom stereocenters. The van der Waals surface area contributed by atoms with Crippen molar-refractivity contribution in [3.8, 4) is 0 Å². The number of carbonyl (C=O) groups excluding carboxylic acids is 1. The molecule has 10 heteroatoms. The van der Waals surface area contributed by atoms with E-state index in [0.29, 0.717) is 32.7 Å². The van der Waals surface area contributed by atoms with Gasteiger partial charge in [0.05, 0.1) is 12.8 Å². The van der Waals surface area contributed by atoms with Crippen molar-refractivity contribution < 1.29 is 14.1 Å². The minimum atomic E-state index is -0.616. The number of piperazine rings is 1. The first kappa shape index (κ1) is 15.7. The molecule has 2 aromatic rings. The zero-order valence-corrected chi connectivity index (χ0v) is 13.7. The smallest absolute Gasteiger partial charge is 0.357 e. The number of amides is 1. The zero-order valence-electron chi connectivity index (χ0n) is 12.1. The fourth-order valence-corrected chi connectivity index (χ4v) is 2.96. The Hall–Kier alpha value is -2.20. The van der Waals surface area contributed by atoms with Crippen LogP contribution in [0.15, 0.2) is 27.3 Å². The van der Waals surface area contributed by atoms with Crippen molar-refractivity contribution in [1.82, 2.24) is 20.0 Å². The monoisotopic (exact) mass is 383 g/mol. The molecule has 0 aromatic carbocycles. The Bertz CT molecular complexity index is 706. The number of rotatable bonds is 4. The topological polar surface area (TPSA) is 109 Å². The highest BCUT2D eigenvalue weighted by Gasteiger charge is 2.30. The summed E-state index contributed by atoms with van der Waals surface area (Å²) in [6.07, 6.45) is 1.64. The highest BCUT2D eigenvalue weighted by Crippen LogP contribution is 2.26. The Labute approximate surface area is 139 Å². The van der Waals surface area contributed by atoms with Gasteiger partial charge in [-0.25, -0.2) is 0 Å². The maximum atomic E-state index is 12.4. The van der Waals surface area contributed by atoms with Crippen molar-refractivity contribution >= 4 is 27.7 Å². The molecular weight excluding hydrogens is 370 g/mol. The van der Waals surface area contributed by atoms with Crippen LogP contribution in [0.5, 0.6) is 0 Å². The van der Waals surface area contributed by atoms with Gasteiger partial charge >= 0.3 is 5.82 Å². The van der Waals surface area contributed by atoms with Crippen LogP contribution in [0.2, 0.25) is 0 Å². The van der Waals surface area contributed by atoms with Crippen molar-refractivity contribution in [3.63, 3.8) is 0 Å². The number of nitrogens with zero attached hydrogens (tertiary/aromatic N) is 4. The average Bonchev–Trinajstić information content (AvgIpc) is 3.17. The van der Waals surface area contributed by atoms with E-state index < -0.39 is 4.92 Å². The second-order valence-corrected chi connectivity index (χ2v) is 5.93. The number of nitro groups is 1. The number of halogens is 1. The highest BCUT2D eigenvalue weighted by atomic mass is 79.9. The quantitative estimate of drug-likeness (QED) is 0.634. The summed E-state index contributed by atoms with van der Waals surface area (Å²) in [5.41, 5.74) is 0.0381. The maximum Gasteiger partial charge on any atom is 0.357 e. The summed E-state index contributed by atoms with van der Waals surface area (Å²) >= 11 is 3.07. The summed E-state index contributed by atoms with van der Waals surface area (Å²) in [6, 6.07) is 3.76. The van der Waals surface area contributed by atoms with Gasteiger partial charge in [0.25, 0.3) is 5.91 Å². The third kappa shape index (κ3) is 3.27. The molecule has 1 aliphatic heterocycles. The normalized spacial score (nSPS) is 15.8. The minimum absolute atomic E-state index is 0.0381. The molecular formula is C13H14BrN5O4. The number of aromatic nitrogens is 2. The largest absolute Gasteiger partial charge is 0.468 e. The van der Waals surface area contributed by atoms with Crippen LogP contribution >= 0.6 is 15.9 Å². The van der Waals surface area contributed by atoms with E-state index in [0.717, 1.165) is 5.76 Å². The summed E-state index contributed by atoms with van der Waals surface area (Å²) in [5, 5.41) is 16.8. The molecule has 122 valence electrons. The van der Waals surface area contributed by atoms with Gasteiger partial charge < -0.3 is 19.4 Å². The minimum Gasteiger partial charge on any atom is -0.468 e. The van der Waals surface area contributed by atoms with E-state index in [4.69, 9.17) is 4.42 Å². The summed E-state index contributed by atoms with van der Waals surface area (Å²) in [7, 11) is 0. The maximum absolute atomic E-state index is 12.4. The molecule has 3 rings (SSSR count). The number of furan rings is 1. The van der Waals surface area contributed by atoms with Crippen molar-refractivity contribution in [2.75, 3.05) is 26.2 Å². The van der Waals surface area contributed by atoms with Crippen molar-refractivity contribution in [3.05, 3.63) is 44.4 Å². The van der Waals surface area contributed by atoms with Gasteiger partial charge in [0.2, 0.25) is 0 Å². The van der Waals surface area contributed by atoms with Gasteiger partial charge in [0, 0.05) is 26.2 Å². The molecule has 1 aliphatic rings. The third-order valence-electron chi connectivity index (χ3n) is 3.69. The van der Waals surface area contributed by atoms with Gasteiger partial charge in [-0.05, 0) is 33.0 Å². The van der Waals surface area contributed by atoms with Crippen molar-refractivity contribution in [2.24, 2.45) is 0 Å². The predicted octanol–water partition coefficient (Wildman–Crippen LogP) is 1.63. The molecule has 0 saturated carbocycles. The fourth-order valence-electron chi connectivity index (χ4n) is 2.46. The second-order valence-electron chi connectivity index (χ2n) is 5.14. The Morgan fingerprint density at radius 1 is 1.43 bits per heavy atom. The highest BCUT2D eigenvalue weighted by molar-refractivity contribution is 9.10. The van der Waals surface area contributed by atoms with Crippen LogP contribution in [0, 0.1) is 10.1 Å². The molecule has 2 aromatic heterocycles. The van der Waals surface area contributed by atoms with Gasteiger partial charge in [-0.2, -0.15) is 0 Å². The Morgan fingerprint density at radius 2 is 2.17 bits per heavy atom.